The van der Waals surface area contributed by atoms with Crippen molar-refractivity contribution in [3.63, 3.8) is 0 Å². The highest BCUT2D eigenvalue weighted by molar-refractivity contribution is 8.93. The summed E-state index contributed by atoms with van der Waals surface area (Å²) in [6, 6.07) is 18.5. The lowest BCUT2D eigenvalue weighted by Crippen LogP contribution is -2.42. The van der Waals surface area contributed by atoms with Crippen LogP contribution < -0.4 is 5.32 Å². The van der Waals surface area contributed by atoms with Crippen molar-refractivity contribution in [2.24, 2.45) is 11.8 Å². The fourth-order valence-corrected chi connectivity index (χ4v) is 8.09. The van der Waals surface area contributed by atoms with Gasteiger partial charge in [-0.05, 0) is 84.5 Å². The Hall–Kier alpha value is -4.93. The Labute approximate surface area is 318 Å². The van der Waals surface area contributed by atoms with Gasteiger partial charge in [0.25, 0.3) is 0 Å². The lowest BCUT2D eigenvalue weighted by Gasteiger charge is -2.39. The van der Waals surface area contributed by atoms with E-state index in [1.807, 2.05) is 42.6 Å². The van der Waals surface area contributed by atoms with Crippen LogP contribution in [0.5, 0.6) is 0 Å². The highest BCUT2D eigenvalue weighted by Crippen LogP contribution is 2.46. The number of fused-ring (bicyclic) bond motifs is 2. The predicted octanol–water partition coefficient (Wildman–Crippen LogP) is 6.60. The van der Waals surface area contributed by atoms with Crippen LogP contribution in [0.25, 0.3) is 27.6 Å². The minimum absolute atomic E-state index is 0. The number of likely N-dealkylation sites (tertiary alicyclic amines) is 2. The maximum absolute atomic E-state index is 11.6. The van der Waals surface area contributed by atoms with Crippen LogP contribution in [0.15, 0.2) is 83.6 Å². The average molecular weight is 777 g/mol. The molecule has 0 saturated carbocycles. The van der Waals surface area contributed by atoms with Crippen molar-refractivity contribution in [1.29, 1.82) is 5.26 Å². The largest absolute Gasteiger partial charge is 0.481 e. The number of aliphatic hydroxyl groups excluding tert-OH is 1. The number of anilines is 1. The number of hydrogen-bond donors (Lipinski definition) is 3. The second-order valence-corrected chi connectivity index (χ2v) is 14.4. The van der Waals surface area contributed by atoms with E-state index in [1.165, 1.54) is 0 Å². The Bertz CT molecular complexity index is 2300. The number of pyridine rings is 2. The van der Waals surface area contributed by atoms with E-state index < -0.39 is 11.5 Å². The summed E-state index contributed by atoms with van der Waals surface area (Å²) in [6.45, 7) is 8.14. The molecule has 0 bridgehead atoms. The number of oxazole rings is 1. The minimum Gasteiger partial charge on any atom is -0.481 e. The van der Waals surface area contributed by atoms with E-state index in [9.17, 15) is 20.3 Å². The zero-order valence-corrected chi connectivity index (χ0v) is 31.4. The average Bonchev–Trinajstić information content (AvgIpc) is 3.90. The fourth-order valence-electron chi connectivity index (χ4n) is 8.09. The predicted molar refractivity (Wildman–Crippen MR) is 208 cm³/mol. The smallest absolute Gasteiger partial charge is 0.307 e. The molecular weight excluding hydrogens is 734 g/mol. The number of carboxylic acids is 1. The molecule has 2 aliphatic heterocycles. The van der Waals surface area contributed by atoms with E-state index in [0.29, 0.717) is 73.0 Å². The molecule has 12 heteroatoms. The lowest BCUT2D eigenvalue weighted by molar-refractivity contribution is -0.141. The number of aliphatic carboxylic acids is 1. The molecule has 1 aliphatic carbocycles. The first-order valence-electron chi connectivity index (χ1n) is 17.9. The van der Waals surface area contributed by atoms with Gasteiger partial charge in [-0.15, -0.1) is 17.0 Å². The molecule has 5 heterocycles. The molecule has 272 valence electrons. The molecule has 11 nitrogen and oxygen atoms in total. The summed E-state index contributed by atoms with van der Waals surface area (Å²) in [6.07, 6.45) is 11.0. The van der Waals surface area contributed by atoms with Gasteiger partial charge in [-0.25, -0.2) is 9.97 Å². The number of allylic oxidation sites excluding steroid dienone is 2. The number of nitrogens with zero attached hydrogens (tertiary/aromatic N) is 6. The Morgan fingerprint density at radius 3 is 2.62 bits per heavy atom. The van der Waals surface area contributed by atoms with Gasteiger partial charge in [-0.1, -0.05) is 43.3 Å². The first kappa shape index (κ1) is 36.4. The number of rotatable bonds is 9. The van der Waals surface area contributed by atoms with Crippen LogP contribution in [0.3, 0.4) is 0 Å². The zero-order chi connectivity index (χ0) is 36.0. The molecule has 3 aromatic heterocycles. The quantitative estimate of drug-likeness (QED) is 0.149. The van der Waals surface area contributed by atoms with E-state index in [2.05, 4.69) is 65.4 Å². The van der Waals surface area contributed by atoms with Gasteiger partial charge in [0.05, 0.1) is 17.6 Å². The molecule has 3 N–H and O–H groups in total. The Morgan fingerprint density at radius 2 is 1.87 bits per heavy atom. The molecule has 0 spiro atoms. The van der Waals surface area contributed by atoms with Crippen molar-refractivity contribution in [3.05, 3.63) is 113 Å². The van der Waals surface area contributed by atoms with E-state index in [-0.39, 0.29) is 34.9 Å². The van der Waals surface area contributed by atoms with Gasteiger partial charge >= 0.3 is 5.97 Å². The second-order valence-electron chi connectivity index (χ2n) is 14.4. The summed E-state index contributed by atoms with van der Waals surface area (Å²) in [5.74, 6) is -0.390. The van der Waals surface area contributed by atoms with Gasteiger partial charge in [0.15, 0.2) is 11.4 Å². The summed E-state index contributed by atoms with van der Waals surface area (Å²) in [5.41, 5.74) is 6.34. The zero-order valence-electron chi connectivity index (χ0n) is 29.7. The molecule has 0 amide bonds. The van der Waals surface area contributed by atoms with Crippen molar-refractivity contribution in [1.82, 2.24) is 24.8 Å². The van der Waals surface area contributed by atoms with Crippen LogP contribution in [-0.4, -0.2) is 73.2 Å². The first-order valence-corrected chi connectivity index (χ1v) is 17.9. The molecule has 2 saturated heterocycles. The SMILES string of the molecule is Br.Cc1ccccc1C1=CC=CC(Nc2nccc3cc(CN4CC[C@@H](O)C4)cnc23)(c2nc3cc(CN4CC[C@@H](C(=O)O)C4)cc(C#N)c3o2)C1C. The molecule has 2 aromatic carbocycles. The van der Waals surface area contributed by atoms with Gasteiger partial charge in [0, 0.05) is 56.4 Å². The fraction of sp³-hybridized carbons (Fsp3) is 0.341. The lowest BCUT2D eigenvalue weighted by atomic mass is 9.73. The molecule has 2 unspecified atom stereocenters. The summed E-state index contributed by atoms with van der Waals surface area (Å²) in [5, 5.41) is 34.5. The van der Waals surface area contributed by atoms with Crippen molar-refractivity contribution < 1.29 is 19.4 Å². The molecule has 8 rings (SSSR count). The summed E-state index contributed by atoms with van der Waals surface area (Å²) in [7, 11) is 0. The van der Waals surface area contributed by atoms with E-state index in [1.54, 1.807) is 6.20 Å². The van der Waals surface area contributed by atoms with Gasteiger partial charge in [0.2, 0.25) is 5.89 Å². The molecular formula is C41H42BrN7O4. The number of nitrogens with one attached hydrogen (secondary N) is 1. The van der Waals surface area contributed by atoms with Gasteiger partial charge < -0.3 is 19.9 Å². The van der Waals surface area contributed by atoms with Crippen LogP contribution >= 0.6 is 17.0 Å². The third-order valence-corrected chi connectivity index (χ3v) is 10.9. The second kappa shape index (κ2) is 14.8. The normalized spacial score (nSPS) is 23.2. The monoisotopic (exact) mass is 775 g/mol. The van der Waals surface area contributed by atoms with Gasteiger partial charge in [0.1, 0.15) is 22.6 Å². The number of carboxylic acid groups (broad SMARTS) is 1. The first-order chi connectivity index (χ1) is 25.2. The van der Waals surface area contributed by atoms with Gasteiger partial charge in [-0.3, -0.25) is 19.6 Å². The van der Waals surface area contributed by atoms with Crippen LogP contribution in [0.1, 0.15) is 53.5 Å². The van der Waals surface area contributed by atoms with E-state index >= 15 is 0 Å². The number of hydrogen-bond acceptors (Lipinski definition) is 10. The number of benzene rings is 2. The standard InChI is InChI=1S/C41H41N7O4.BrH/c1-25-6-3-4-7-33(25)34-8-5-12-41(26(34)2,46-38-36-29(9-13-43-38)17-28(20-44-36)22-48-15-11-32(49)24-48)40-45-35-18-27(16-31(19-42)37(35)52-40)21-47-14-10-30(23-47)39(50)51;/h3-9,12-13,16-18,20,26,30,32,49H,10-11,14-15,21-24H2,1-2H3,(H,43,46)(H,50,51);1H/t26?,30-,32-,41?;/m1./s1. The summed E-state index contributed by atoms with van der Waals surface area (Å²) < 4.78 is 6.64. The number of aryl methyl sites for hydroxylation is 1. The molecule has 53 heavy (non-hydrogen) atoms. The van der Waals surface area contributed by atoms with Gasteiger partial charge in [-0.2, -0.15) is 5.26 Å². The molecule has 3 aliphatic rings. The number of carbonyl (C=O) groups is 1. The molecule has 0 radical (unpaired) electrons. The third kappa shape index (κ3) is 6.98. The van der Waals surface area contributed by atoms with Crippen LogP contribution in [0.4, 0.5) is 5.82 Å². The topological polar surface area (TPSA) is 152 Å². The van der Waals surface area contributed by atoms with Crippen molar-refractivity contribution in [2.75, 3.05) is 31.5 Å². The highest BCUT2D eigenvalue weighted by atomic mass is 79.9. The number of β-amino-alcohol motifs (C(OH)–C–C–N with tert-alkyl or cyclic N) is 1. The van der Waals surface area contributed by atoms with Crippen LogP contribution in [0.2, 0.25) is 0 Å². The molecule has 5 aromatic rings. The Balaban J connectivity index is 0.00000435. The summed E-state index contributed by atoms with van der Waals surface area (Å²) >= 11 is 0. The van der Waals surface area contributed by atoms with Crippen LogP contribution in [0, 0.1) is 30.1 Å². The maximum atomic E-state index is 11.6. The number of aromatic nitrogens is 3. The minimum atomic E-state index is -1.02. The van der Waals surface area contributed by atoms with Crippen molar-refractivity contribution in [2.45, 2.75) is 51.4 Å². The van der Waals surface area contributed by atoms with E-state index in [0.717, 1.165) is 46.2 Å². The maximum Gasteiger partial charge on any atom is 0.307 e. The Kier molecular flexibility index (Phi) is 10.2. The number of aliphatic hydroxyl groups is 1. The summed E-state index contributed by atoms with van der Waals surface area (Å²) in [4.78, 5) is 30.7. The van der Waals surface area contributed by atoms with Crippen molar-refractivity contribution >= 4 is 56.3 Å². The van der Waals surface area contributed by atoms with Crippen molar-refractivity contribution in [3.8, 4) is 6.07 Å². The van der Waals surface area contributed by atoms with E-state index in [4.69, 9.17) is 19.4 Å². The third-order valence-electron chi connectivity index (χ3n) is 10.9. The highest BCUT2D eigenvalue weighted by Gasteiger charge is 2.45. The Morgan fingerprint density at radius 1 is 1.08 bits per heavy atom. The van der Waals surface area contributed by atoms with Crippen LogP contribution in [-0.2, 0) is 23.4 Å². The molecule has 4 atom stereocenters. The number of nitriles is 1. The number of halogens is 1. The molecule has 2 fully saturated rings.